The van der Waals surface area contributed by atoms with Crippen LogP contribution in [0.4, 0.5) is 4.39 Å². The van der Waals surface area contributed by atoms with E-state index >= 15 is 0 Å². The van der Waals surface area contributed by atoms with E-state index in [-0.39, 0.29) is 24.4 Å². The maximum atomic E-state index is 12.8. The lowest BCUT2D eigenvalue weighted by molar-refractivity contribution is -0.132. The number of hydrogen-bond donors (Lipinski definition) is 0. The minimum Gasteiger partial charge on any atom is -0.484 e. The summed E-state index contributed by atoms with van der Waals surface area (Å²) in [6, 6.07) is 11.1. The highest BCUT2D eigenvalue weighted by molar-refractivity contribution is 5.78. The number of ether oxygens (including phenoxy) is 2. The Morgan fingerprint density at radius 3 is 2.83 bits per heavy atom. The van der Waals surface area contributed by atoms with Crippen molar-refractivity contribution in [3.8, 4) is 11.6 Å². The highest BCUT2D eigenvalue weighted by atomic mass is 19.1. The average Bonchev–Trinajstić information content (AvgIpc) is 3.03. The first-order chi connectivity index (χ1) is 11.2. The van der Waals surface area contributed by atoms with Crippen LogP contribution in [0.2, 0.25) is 0 Å². The predicted octanol–water partition coefficient (Wildman–Crippen LogP) is 2.28. The SMILES string of the molecule is O=C(COc1ccc(F)cc1)N1CCC(Oc2ccccn2)C1. The third-order valence-corrected chi connectivity index (χ3v) is 3.60. The van der Waals surface area contributed by atoms with Crippen molar-refractivity contribution in [2.24, 2.45) is 0 Å². The van der Waals surface area contributed by atoms with E-state index in [4.69, 9.17) is 9.47 Å². The molecule has 5 nitrogen and oxygen atoms in total. The molecule has 1 aromatic carbocycles. The van der Waals surface area contributed by atoms with E-state index in [1.807, 2.05) is 12.1 Å². The highest BCUT2D eigenvalue weighted by Crippen LogP contribution is 2.17. The summed E-state index contributed by atoms with van der Waals surface area (Å²) in [4.78, 5) is 18.0. The molecule has 0 radical (unpaired) electrons. The normalized spacial score (nSPS) is 17.1. The summed E-state index contributed by atoms with van der Waals surface area (Å²) in [6.07, 6.45) is 2.38. The zero-order valence-electron chi connectivity index (χ0n) is 12.5. The molecule has 0 bridgehead atoms. The number of aromatic nitrogens is 1. The van der Waals surface area contributed by atoms with Crippen molar-refractivity contribution < 1.29 is 18.7 Å². The predicted molar refractivity (Wildman–Crippen MR) is 81.7 cm³/mol. The van der Waals surface area contributed by atoms with Crippen LogP contribution < -0.4 is 9.47 Å². The molecular weight excluding hydrogens is 299 g/mol. The Kier molecular flexibility index (Phi) is 4.71. The van der Waals surface area contributed by atoms with Crippen LogP contribution >= 0.6 is 0 Å². The Balaban J connectivity index is 1.46. The smallest absolute Gasteiger partial charge is 0.260 e. The number of carbonyl (C=O) groups is 1. The van der Waals surface area contributed by atoms with Crippen LogP contribution in [0.5, 0.6) is 11.6 Å². The van der Waals surface area contributed by atoms with Crippen LogP contribution in [0.25, 0.3) is 0 Å². The molecule has 120 valence electrons. The Hall–Kier alpha value is -2.63. The van der Waals surface area contributed by atoms with Crippen molar-refractivity contribution in [1.29, 1.82) is 0 Å². The molecule has 1 saturated heterocycles. The molecule has 23 heavy (non-hydrogen) atoms. The number of hydrogen-bond acceptors (Lipinski definition) is 4. The van der Waals surface area contributed by atoms with Crippen LogP contribution in [0.15, 0.2) is 48.7 Å². The lowest BCUT2D eigenvalue weighted by atomic mass is 10.3. The summed E-state index contributed by atoms with van der Waals surface area (Å²) in [6.45, 7) is 1.08. The van der Waals surface area contributed by atoms with E-state index in [0.717, 1.165) is 6.42 Å². The average molecular weight is 316 g/mol. The van der Waals surface area contributed by atoms with Gasteiger partial charge in [0.1, 0.15) is 17.7 Å². The van der Waals surface area contributed by atoms with Gasteiger partial charge < -0.3 is 14.4 Å². The Morgan fingerprint density at radius 1 is 1.26 bits per heavy atom. The standard InChI is InChI=1S/C17H17FN2O3/c18-13-4-6-14(7-5-13)22-12-17(21)20-10-8-15(11-20)23-16-3-1-2-9-19-16/h1-7,9,15H,8,10-12H2. The summed E-state index contributed by atoms with van der Waals surface area (Å²) in [5.74, 6) is 0.591. The third-order valence-electron chi connectivity index (χ3n) is 3.60. The zero-order valence-corrected chi connectivity index (χ0v) is 12.5. The Morgan fingerprint density at radius 2 is 2.09 bits per heavy atom. The quantitative estimate of drug-likeness (QED) is 0.849. The van der Waals surface area contributed by atoms with Crippen molar-refractivity contribution in [3.63, 3.8) is 0 Å². The minimum atomic E-state index is -0.335. The maximum Gasteiger partial charge on any atom is 0.260 e. The number of rotatable bonds is 5. The Labute approximate surface area is 133 Å². The van der Waals surface area contributed by atoms with E-state index in [1.54, 1.807) is 17.2 Å². The summed E-state index contributed by atoms with van der Waals surface area (Å²) in [5, 5.41) is 0. The molecule has 6 heteroatoms. The minimum absolute atomic E-state index is 0.0559. The van der Waals surface area contributed by atoms with Gasteiger partial charge in [0, 0.05) is 25.2 Å². The fraction of sp³-hybridized carbons (Fsp3) is 0.294. The van der Waals surface area contributed by atoms with Gasteiger partial charge in [0.05, 0.1) is 6.54 Å². The number of carbonyl (C=O) groups excluding carboxylic acids is 1. The molecule has 0 aliphatic carbocycles. The van der Waals surface area contributed by atoms with E-state index in [0.29, 0.717) is 24.7 Å². The number of pyridine rings is 1. The van der Waals surface area contributed by atoms with Gasteiger partial charge in [-0.2, -0.15) is 0 Å². The summed E-state index contributed by atoms with van der Waals surface area (Å²) >= 11 is 0. The molecule has 1 fully saturated rings. The molecule has 0 spiro atoms. The van der Waals surface area contributed by atoms with Gasteiger partial charge in [-0.3, -0.25) is 4.79 Å². The van der Waals surface area contributed by atoms with Crippen molar-refractivity contribution in [2.75, 3.05) is 19.7 Å². The molecule has 1 aliphatic rings. The molecular formula is C17H17FN2O3. The highest BCUT2D eigenvalue weighted by Gasteiger charge is 2.28. The van der Waals surface area contributed by atoms with Crippen molar-refractivity contribution in [1.82, 2.24) is 9.88 Å². The second-order valence-corrected chi connectivity index (χ2v) is 5.28. The monoisotopic (exact) mass is 316 g/mol. The fourth-order valence-electron chi connectivity index (χ4n) is 2.41. The molecule has 1 aliphatic heterocycles. The largest absolute Gasteiger partial charge is 0.484 e. The van der Waals surface area contributed by atoms with Gasteiger partial charge in [-0.15, -0.1) is 0 Å². The Bertz CT molecular complexity index is 649. The van der Waals surface area contributed by atoms with Gasteiger partial charge in [0.2, 0.25) is 5.88 Å². The maximum absolute atomic E-state index is 12.8. The lowest BCUT2D eigenvalue weighted by Crippen LogP contribution is -2.34. The summed E-state index contributed by atoms with van der Waals surface area (Å²) < 4.78 is 23.9. The van der Waals surface area contributed by atoms with Crippen LogP contribution in [0, 0.1) is 5.82 Å². The van der Waals surface area contributed by atoms with E-state index < -0.39 is 0 Å². The van der Waals surface area contributed by atoms with Gasteiger partial charge in [-0.1, -0.05) is 6.07 Å². The second kappa shape index (κ2) is 7.09. The molecule has 3 rings (SSSR count). The molecule has 1 aromatic heterocycles. The van der Waals surface area contributed by atoms with E-state index in [9.17, 15) is 9.18 Å². The number of nitrogens with zero attached hydrogens (tertiary/aromatic N) is 2. The van der Waals surface area contributed by atoms with Crippen LogP contribution in [0.3, 0.4) is 0 Å². The fourth-order valence-corrected chi connectivity index (χ4v) is 2.41. The molecule has 0 N–H and O–H groups in total. The van der Waals surface area contributed by atoms with Crippen LogP contribution in [-0.4, -0.2) is 41.6 Å². The van der Waals surface area contributed by atoms with Gasteiger partial charge in [-0.05, 0) is 30.3 Å². The summed E-state index contributed by atoms with van der Waals surface area (Å²) in [7, 11) is 0. The first-order valence-corrected chi connectivity index (χ1v) is 7.44. The first-order valence-electron chi connectivity index (χ1n) is 7.44. The first kappa shape index (κ1) is 15.3. The molecule has 1 unspecified atom stereocenters. The topological polar surface area (TPSA) is 51.7 Å². The number of likely N-dealkylation sites (tertiary alicyclic amines) is 1. The number of halogens is 1. The number of benzene rings is 1. The molecule has 0 saturated carbocycles. The molecule has 2 heterocycles. The lowest BCUT2D eigenvalue weighted by Gasteiger charge is -2.17. The van der Waals surface area contributed by atoms with Crippen molar-refractivity contribution >= 4 is 5.91 Å². The van der Waals surface area contributed by atoms with E-state index in [1.165, 1.54) is 24.3 Å². The van der Waals surface area contributed by atoms with Gasteiger partial charge >= 0.3 is 0 Å². The van der Waals surface area contributed by atoms with Gasteiger partial charge in [0.15, 0.2) is 6.61 Å². The second-order valence-electron chi connectivity index (χ2n) is 5.28. The van der Waals surface area contributed by atoms with Gasteiger partial charge in [0.25, 0.3) is 5.91 Å². The van der Waals surface area contributed by atoms with Crippen molar-refractivity contribution in [3.05, 3.63) is 54.5 Å². The van der Waals surface area contributed by atoms with Crippen molar-refractivity contribution in [2.45, 2.75) is 12.5 Å². The molecule has 1 atom stereocenters. The van der Waals surface area contributed by atoms with Gasteiger partial charge in [-0.25, -0.2) is 9.37 Å². The zero-order chi connectivity index (χ0) is 16.1. The molecule has 1 amide bonds. The third kappa shape index (κ3) is 4.18. The number of amides is 1. The summed E-state index contributed by atoms with van der Waals surface area (Å²) in [5.41, 5.74) is 0. The van der Waals surface area contributed by atoms with Crippen LogP contribution in [-0.2, 0) is 4.79 Å². The molecule has 2 aromatic rings. The van der Waals surface area contributed by atoms with Crippen LogP contribution in [0.1, 0.15) is 6.42 Å². The van der Waals surface area contributed by atoms with E-state index in [2.05, 4.69) is 4.98 Å².